The fourth-order valence-corrected chi connectivity index (χ4v) is 3.40. The molecule has 0 amide bonds. The second-order valence-electron chi connectivity index (χ2n) is 6.81. The molecule has 3 heterocycles. The minimum Gasteiger partial charge on any atom is -0.353 e. The second kappa shape index (κ2) is 6.37. The minimum atomic E-state index is -4.47. The van der Waals surface area contributed by atoms with Crippen LogP contribution in [-0.2, 0) is 19.0 Å². The van der Waals surface area contributed by atoms with E-state index in [0.29, 0.717) is 13.1 Å². The van der Waals surface area contributed by atoms with E-state index in [1.54, 1.807) is 11.9 Å². The highest BCUT2D eigenvalue weighted by Gasteiger charge is 2.35. The maximum absolute atomic E-state index is 12.8. The molecule has 1 fully saturated rings. The van der Waals surface area contributed by atoms with Crippen LogP contribution in [0.3, 0.4) is 0 Å². The normalized spacial score (nSPS) is 17.6. The van der Waals surface area contributed by atoms with Crippen LogP contribution in [0.25, 0.3) is 0 Å². The molecular weight excluding hydrogens is 345 g/mol. The second-order valence-corrected chi connectivity index (χ2v) is 6.81. The van der Waals surface area contributed by atoms with E-state index in [9.17, 15) is 13.2 Å². The number of rotatable bonds is 3. The average Bonchev–Trinajstić information content (AvgIpc) is 2.59. The van der Waals surface area contributed by atoms with Gasteiger partial charge in [0.25, 0.3) is 0 Å². The summed E-state index contributed by atoms with van der Waals surface area (Å²) in [5.41, 5.74) is 1.43. The maximum atomic E-state index is 12.8. The average molecular weight is 364 g/mol. The fraction of sp³-hybridized carbons (Fsp3) is 0.529. The molecular formula is C17H19F3N6. The van der Waals surface area contributed by atoms with Gasteiger partial charge in [0.1, 0.15) is 17.8 Å². The lowest BCUT2D eigenvalue weighted by Gasteiger charge is -2.45. The largest absolute Gasteiger partial charge is 0.433 e. The van der Waals surface area contributed by atoms with Crippen molar-refractivity contribution in [1.29, 1.82) is 0 Å². The Bertz CT molecular complexity index is 803. The van der Waals surface area contributed by atoms with Gasteiger partial charge in [0.05, 0.1) is 11.7 Å². The van der Waals surface area contributed by atoms with Crippen LogP contribution in [0.1, 0.15) is 29.8 Å². The first-order chi connectivity index (χ1) is 12.4. The van der Waals surface area contributed by atoms with E-state index in [2.05, 4.69) is 31.1 Å². The molecule has 1 saturated heterocycles. The lowest BCUT2D eigenvalue weighted by Crippen LogP contribution is -2.59. The van der Waals surface area contributed by atoms with Gasteiger partial charge in [0, 0.05) is 26.2 Å². The molecule has 0 N–H and O–H groups in total. The molecule has 6 nitrogen and oxygen atoms in total. The molecule has 0 spiro atoms. The Hall–Kier alpha value is -2.45. The van der Waals surface area contributed by atoms with Gasteiger partial charge in [-0.2, -0.15) is 18.3 Å². The Kier molecular flexibility index (Phi) is 4.16. The third-order valence-electron chi connectivity index (χ3n) is 5.10. The number of hydrogen-bond acceptors (Lipinski definition) is 6. The van der Waals surface area contributed by atoms with Crippen LogP contribution in [0.5, 0.6) is 0 Å². The summed E-state index contributed by atoms with van der Waals surface area (Å²) >= 11 is 0. The van der Waals surface area contributed by atoms with Gasteiger partial charge >= 0.3 is 6.18 Å². The van der Waals surface area contributed by atoms with Crippen LogP contribution in [0.2, 0.25) is 0 Å². The minimum absolute atomic E-state index is 0.0730. The quantitative estimate of drug-likeness (QED) is 0.834. The summed E-state index contributed by atoms with van der Waals surface area (Å²) in [6, 6.07) is 3.16. The number of nitrogens with zero attached hydrogens (tertiary/aromatic N) is 6. The van der Waals surface area contributed by atoms with E-state index in [-0.39, 0.29) is 11.9 Å². The summed E-state index contributed by atoms with van der Waals surface area (Å²) in [5, 5.41) is 8.65. The van der Waals surface area contributed by atoms with Crippen molar-refractivity contribution in [2.75, 3.05) is 29.9 Å². The standard InChI is InChI=1S/C17H19F3N6/c1-25(15-7-14(17(18,19)20)21-10-22-15)12-8-26(9-12)16-6-11-4-2-3-5-13(11)23-24-16/h6-7,10,12H,2-5,8-9H2,1H3. The molecule has 0 radical (unpaired) electrons. The molecule has 0 unspecified atom stereocenters. The summed E-state index contributed by atoms with van der Waals surface area (Å²) in [7, 11) is 1.75. The van der Waals surface area contributed by atoms with Crippen molar-refractivity contribution in [2.24, 2.45) is 0 Å². The van der Waals surface area contributed by atoms with Crippen LogP contribution in [-0.4, -0.2) is 46.3 Å². The van der Waals surface area contributed by atoms with Gasteiger partial charge in [0.2, 0.25) is 0 Å². The molecule has 26 heavy (non-hydrogen) atoms. The predicted octanol–water partition coefficient (Wildman–Crippen LogP) is 2.49. The number of aromatic nitrogens is 4. The highest BCUT2D eigenvalue weighted by atomic mass is 19.4. The van der Waals surface area contributed by atoms with Crippen molar-refractivity contribution in [3.05, 3.63) is 35.4 Å². The summed E-state index contributed by atoms with van der Waals surface area (Å²) in [6.45, 7) is 1.35. The summed E-state index contributed by atoms with van der Waals surface area (Å²) in [5.74, 6) is 1.11. The van der Waals surface area contributed by atoms with Crippen LogP contribution < -0.4 is 9.80 Å². The first-order valence-corrected chi connectivity index (χ1v) is 8.64. The number of likely N-dealkylation sites (N-methyl/N-ethyl adjacent to an activating group) is 1. The van der Waals surface area contributed by atoms with E-state index < -0.39 is 11.9 Å². The van der Waals surface area contributed by atoms with Gasteiger partial charge in [-0.05, 0) is 37.3 Å². The smallest absolute Gasteiger partial charge is 0.353 e. The van der Waals surface area contributed by atoms with Gasteiger partial charge in [0.15, 0.2) is 5.82 Å². The highest BCUT2D eigenvalue weighted by Crippen LogP contribution is 2.31. The van der Waals surface area contributed by atoms with Gasteiger partial charge in [-0.15, -0.1) is 5.10 Å². The van der Waals surface area contributed by atoms with Crippen LogP contribution in [0.4, 0.5) is 24.8 Å². The van der Waals surface area contributed by atoms with Gasteiger partial charge in [-0.25, -0.2) is 9.97 Å². The zero-order chi connectivity index (χ0) is 18.3. The van der Waals surface area contributed by atoms with Crippen LogP contribution in [0.15, 0.2) is 18.5 Å². The number of halogens is 3. The molecule has 2 aromatic rings. The molecule has 138 valence electrons. The number of aryl methyl sites for hydroxylation is 2. The van der Waals surface area contributed by atoms with Crippen molar-refractivity contribution in [3.63, 3.8) is 0 Å². The molecule has 0 atom stereocenters. The Morgan fingerprint density at radius 3 is 2.62 bits per heavy atom. The lowest BCUT2D eigenvalue weighted by molar-refractivity contribution is -0.141. The van der Waals surface area contributed by atoms with Crippen molar-refractivity contribution in [3.8, 4) is 0 Å². The van der Waals surface area contributed by atoms with Gasteiger partial charge in [-0.3, -0.25) is 0 Å². The number of anilines is 2. The summed E-state index contributed by atoms with van der Waals surface area (Å²) < 4.78 is 38.5. The molecule has 2 aromatic heterocycles. The Labute approximate surface area is 149 Å². The third kappa shape index (κ3) is 3.17. The summed E-state index contributed by atoms with van der Waals surface area (Å²) in [4.78, 5) is 11.1. The Balaban J connectivity index is 1.43. The van der Waals surface area contributed by atoms with E-state index in [1.165, 1.54) is 12.0 Å². The van der Waals surface area contributed by atoms with E-state index in [0.717, 1.165) is 43.2 Å². The molecule has 0 aromatic carbocycles. The third-order valence-corrected chi connectivity index (χ3v) is 5.10. The van der Waals surface area contributed by atoms with Crippen molar-refractivity contribution >= 4 is 11.6 Å². The molecule has 1 aliphatic heterocycles. The lowest BCUT2D eigenvalue weighted by atomic mass is 9.96. The van der Waals surface area contributed by atoms with E-state index >= 15 is 0 Å². The molecule has 0 bridgehead atoms. The zero-order valence-electron chi connectivity index (χ0n) is 14.4. The molecule has 9 heteroatoms. The van der Waals surface area contributed by atoms with Crippen LogP contribution in [0, 0.1) is 0 Å². The van der Waals surface area contributed by atoms with E-state index in [4.69, 9.17) is 0 Å². The fourth-order valence-electron chi connectivity index (χ4n) is 3.40. The van der Waals surface area contributed by atoms with Gasteiger partial charge < -0.3 is 9.80 Å². The van der Waals surface area contributed by atoms with Crippen LogP contribution >= 0.6 is 0 Å². The SMILES string of the molecule is CN(c1cc(C(F)(F)F)ncn1)C1CN(c2cc3c(nn2)CCCC3)C1. The topological polar surface area (TPSA) is 58.0 Å². The zero-order valence-corrected chi connectivity index (χ0v) is 14.4. The van der Waals surface area contributed by atoms with Crippen molar-refractivity contribution < 1.29 is 13.2 Å². The van der Waals surface area contributed by atoms with Gasteiger partial charge in [-0.1, -0.05) is 0 Å². The molecule has 2 aliphatic rings. The number of alkyl halides is 3. The monoisotopic (exact) mass is 364 g/mol. The number of hydrogen-bond donors (Lipinski definition) is 0. The first-order valence-electron chi connectivity index (χ1n) is 8.64. The summed E-state index contributed by atoms with van der Waals surface area (Å²) in [6.07, 6.45) is 0.859. The van der Waals surface area contributed by atoms with Crippen molar-refractivity contribution in [1.82, 2.24) is 20.2 Å². The highest BCUT2D eigenvalue weighted by molar-refractivity contribution is 5.49. The predicted molar refractivity (Wildman–Crippen MR) is 90.1 cm³/mol. The maximum Gasteiger partial charge on any atom is 0.433 e. The Morgan fingerprint density at radius 1 is 1.08 bits per heavy atom. The molecule has 4 rings (SSSR count). The number of fused-ring (bicyclic) bond motifs is 1. The Morgan fingerprint density at radius 2 is 1.85 bits per heavy atom. The molecule has 1 aliphatic carbocycles. The van der Waals surface area contributed by atoms with Crippen molar-refractivity contribution in [2.45, 2.75) is 37.9 Å². The van der Waals surface area contributed by atoms with E-state index in [1.807, 2.05) is 0 Å². The first kappa shape index (κ1) is 17.0. The molecule has 0 saturated carbocycles.